The molecule has 0 aromatic carbocycles. The van der Waals surface area contributed by atoms with Gasteiger partial charge in [-0.25, -0.2) is 9.59 Å². The molecule has 1 aliphatic rings. The molecule has 1 saturated heterocycles. The van der Waals surface area contributed by atoms with Crippen LogP contribution in [0, 0.1) is 0 Å². The Kier molecular flexibility index (Phi) is 3.56. The molecule has 1 fully saturated rings. The van der Waals surface area contributed by atoms with E-state index >= 15 is 0 Å². The zero-order valence-electron chi connectivity index (χ0n) is 7.48. The molecule has 5 nitrogen and oxygen atoms in total. The molecule has 0 amide bonds. The van der Waals surface area contributed by atoms with Crippen molar-refractivity contribution < 1.29 is 24.4 Å². The number of hydrogen-bond acceptors (Lipinski definition) is 5. The van der Waals surface area contributed by atoms with Crippen LogP contribution in [0.5, 0.6) is 0 Å². The molecule has 2 atom stereocenters. The molecule has 0 aliphatic carbocycles. The van der Waals surface area contributed by atoms with E-state index in [-0.39, 0.29) is 23.4 Å². The van der Waals surface area contributed by atoms with Gasteiger partial charge in [0.15, 0.2) is 6.04 Å². The van der Waals surface area contributed by atoms with E-state index in [1.54, 1.807) is 5.32 Å². The summed E-state index contributed by atoms with van der Waals surface area (Å²) in [5, 5.41) is 1.34. The van der Waals surface area contributed by atoms with E-state index in [1.807, 2.05) is 0 Å². The zero-order chi connectivity index (χ0) is 9.84. The maximum Gasteiger partial charge on any atom is 0.375 e. The molecule has 0 radical (unpaired) electrons. The van der Waals surface area contributed by atoms with Crippen molar-refractivity contribution in [3.63, 3.8) is 0 Å². The topological polar surface area (TPSA) is 69.2 Å². The van der Waals surface area contributed by atoms with Crippen molar-refractivity contribution in [1.82, 2.24) is 0 Å². The molecule has 1 heterocycles. The minimum atomic E-state index is -0.325. The average Bonchev–Trinajstić information content (AvgIpc) is 2.64. The predicted octanol–water partition coefficient (Wildman–Crippen LogP) is -1.66. The Labute approximate surface area is 80.1 Å². The van der Waals surface area contributed by atoms with Gasteiger partial charge in [0.05, 0.1) is 20.0 Å². The van der Waals surface area contributed by atoms with E-state index < -0.39 is 0 Å². The van der Waals surface area contributed by atoms with Crippen LogP contribution in [0.1, 0.15) is 0 Å². The zero-order valence-corrected chi connectivity index (χ0v) is 8.30. The van der Waals surface area contributed by atoms with Gasteiger partial charge in [-0.15, -0.1) is 0 Å². The lowest BCUT2D eigenvalue weighted by atomic mass is 10.3. The molecule has 1 aliphatic heterocycles. The van der Waals surface area contributed by atoms with Gasteiger partial charge in [-0.3, -0.25) is 0 Å². The minimum Gasteiger partial charge on any atom is -0.465 e. The number of nitrogens with two attached hydrogens (primary N) is 1. The number of hydrogen-bond donors (Lipinski definition) is 1. The van der Waals surface area contributed by atoms with Gasteiger partial charge < -0.3 is 14.8 Å². The fourth-order valence-electron chi connectivity index (χ4n) is 1.09. The molecule has 0 spiro atoms. The second-order valence-corrected chi connectivity index (χ2v) is 3.77. The largest absolute Gasteiger partial charge is 0.465 e. The van der Waals surface area contributed by atoms with E-state index in [1.165, 1.54) is 26.0 Å². The van der Waals surface area contributed by atoms with Crippen LogP contribution in [0.25, 0.3) is 0 Å². The van der Waals surface area contributed by atoms with Crippen LogP contribution >= 0.6 is 11.8 Å². The molecule has 0 aromatic heterocycles. The van der Waals surface area contributed by atoms with Crippen molar-refractivity contribution in [2.75, 3.05) is 20.0 Å². The van der Waals surface area contributed by atoms with Crippen LogP contribution in [0.15, 0.2) is 0 Å². The fourth-order valence-corrected chi connectivity index (χ4v) is 2.29. The Morgan fingerprint density at radius 1 is 1.31 bits per heavy atom. The summed E-state index contributed by atoms with van der Waals surface area (Å²) in [7, 11) is 2.68. The highest BCUT2D eigenvalue weighted by Crippen LogP contribution is 2.13. The average molecular weight is 206 g/mol. The summed E-state index contributed by atoms with van der Waals surface area (Å²) in [4.78, 5) is 22.1. The molecule has 0 saturated carbocycles. The van der Waals surface area contributed by atoms with E-state index in [4.69, 9.17) is 0 Å². The Hall–Kier alpha value is -0.750. The van der Waals surface area contributed by atoms with Crippen molar-refractivity contribution in [2.45, 2.75) is 11.4 Å². The summed E-state index contributed by atoms with van der Waals surface area (Å²) in [5.41, 5.74) is 0. The summed E-state index contributed by atoms with van der Waals surface area (Å²) < 4.78 is 9.11. The summed E-state index contributed by atoms with van der Waals surface area (Å²) in [5.74, 6) is -0.0118. The number of esters is 2. The first-order valence-electron chi connectivity index (χ1n) is 3.81. The van der Waals surface area contributed by atoms with Crippen molar-refractivity contribution in [3.8, 4) is 0 Å². The monoisotopic (exact) mass is 206 g/mol. The normalized spacial score (nSPS) is 26.9. The third-order valence-electron chi connectivity index (χ3n) is 1.80. The minimum absolute atomic E-state index is 0.279. The third kappa shape index (κ3) is 2.35. The highest BCUT2D eigenvalue weighted by atomic mass is 32.2. The highest BCUT2D eigenvalue weighted by molar-refractivity contribution is 8.00. The van der Waals surface area contributed by atoms with Gasteiger partial charge in [-0.1, -0.05) is 11.8 Å². The Bertz CT molecular complexity index is 199. The number of rotatable bonds is 2. The Balaban J connectivity index is 2.44. The first-order valence-corrected chi connectivity index (χ1v) is 4.86. The number of thioether (sulfide) groups is 1. The summed E-state index contributed by atoms with van der Waals surface area (Å²) in [6.45, 7) is 0. The standard InChI is InChI=1S/C7H11NO4S/c1-11-6(9)4-3-13-5(8-4)7(10)12-2/h4-5,8H,3H2,1-2H3/p+1/t4-,5-/m1/s1. The molecule has 0 bridgehead atoms. The second kappa shape index (κ2) is 4.48. The molecule has 1 rings (SSSR count). The quantitative estimate of drug-likeness (QED) is 0.547. The molecule has 13 heavy (non-hydrogen) atoms. The number of methoxy groups -OCH3 is 2. The Morgan fingerprint density at radius 2 is 1.92 bits per heavy atom. The van der Waals surface area contributed by atoms with E-state index in [2.05, 4.69) is 9.47 Å². The predicted molar refractivity (Wildman–Crippen MR) is 46.0 cm³/mol. The molecule has 74 valence electrons. The van der Waals surface area contributed by atoms with Crippen molar-refractivity contribution >= 4 is 23.7 Å². The van der Waals surface area contributed by atoms with Crippen LogP contribution in [0.4, 0.5) is 0 Å². The van der Waals surface area contributed by atoms with Crippen LogP contribution in [0.2, 0.25) is 0 Å². The maximum absolute atomic E-state index is 11.1. The molecule has 2 N–H and O–H groups in total. The molecule has 0 aromatic rings. The molecule has 6 heteroatoms. The summed E-state index contributed by atoms with van der Waals surface area (Å²) in [6, 6.07) is -0.279. The lowest BCUT2D eigenvalue weighted by Gasteiger charge is -2.06. The summed E-state index contributed by atoms with van der Waals surface area (Å²) in [6.07, 6.45) is 0. The van der Waals surface area contributed by atoms with Gasteiger partial charge in [-0.2, -0.15) is 0 Å². The van der Waals surface area contributed by atoms with Crippen LogP contribution in [-0.4, -0.2) is 43.3 Å². The van der Waals surface area contributed by atoms with Crippen molar-refractivity contribution in [2.24, 2.45) is 0 Å². The van der Waals surface area contributed by atoms with Gasteiger partial charge >= 0.3 is 11.9 Å². The number of ether oxygens (including phenoxy) is 2. The number of carbonyl (C=O) groups is 2. The van der Waals surface area contributed by atoms with E-state index in [9.17, 15) is 9.59 Å². The first kappa shape index (κ1) is 10.3. The van der Waals surface area contributed by atoms with Gasteiger partial charge in [0.2, 0.25) is 5.37 Å². The van der Waals surface area contributed by atoms with E-state index in [0.29, 0.717) is 5.75 Å². The van der Waals surface area contributed by atoms with Gasteiger partial charge in [-0.05, 0) is 0 Å². The maximum atomic E-state index is 11.1. The smallest absolute Gasteiger partial charge is 0.375 e. The fraction of sp³-hybridized carbons (Fsp3) is 0.714. The SMILES string of the molecule is COC(=O)[C@@H]1[NH2+][C@@H](C(=O)OC)CS1. The molecular weight excluding hydrogens is 194 g/mol. The summed E-state index contributed by atoms with van der Waals surface area (Å²) >= 11 is 1.40. The molecular formula is C7H12NO4S+. The van der Waals surface area contributed by atoms with Crippen LogP contribution in [0.3, 0.4) is 0 Å². The number of quaternary nitrogens is 1. The second-order valence-electron chi connectivity index (χ2n) is 2.60. The van der Waals surface area contributed by atoms with Crippen molar-refractivity contribution in [1.29, 1.82) is 0 Å². The molecule has 0 unspecified atom stereocenters. The Morgan fingerprint density at radius 3 is 2.46 bits per heavy atom. The lowest BCUT2D eigenvalue weighted by molar-refractivity contribution is -0.670. The van der Waals surface area contributed by atoms with Crippen LogP contribution in [-0.2, 0) is 19.1 Å². The lowest BCUT2D eigenvalue weighted by Crippen LogP contribution is -2.94. The van der Waals surface area contributed by atoms with Crippen molar-refractivity contribution in [3.05, 3.63) is 0 Å². The van der Waals surface area contributed by atoms with E-state index in [0.717, 1.165) is 0 Å². The van der Waals surface area contributed by atoms with Crippen LogP contribution < -0.4 is 5.32 Å². The van der Waals surface area contributed by atoms with Gasteiger partial charge in [0.25, 0.3) is 0 Å². The number of carbonyl (C=O) groups excluding carboxylic acids is 2. The highest BCUT2D eigenvalue weighted by Gasteiger charge is 2.39. The van der Waals surface area contributed by atoms with Gasteiger partial charge in [0, 0.05) is 0 Å². The first-order chi connectivity index (χ1) is 6.19. The van der Waals surface area contributed by atoms with Gasteiger partial charge in [0.1, 0.15) is 0 Å². The third-order valence-corrected chi connectivity index (χ3v) is 3.06.